The Balaban J connectivity index is 1.69. The lowest BCUT2D eigenvalue weighted by Gasteiger charge is -2.21. The van der Waals surface area contributed by atoms with Crippen LogP contribution in [0.1, 0.15) is 36.9 Å². The number of methoxy groups -OCH3 is 1. The number of aromatic nitrogens is 1. The van der Waals surface area contributed by atoms with Gasteiger partial charge in [0, 0.05) is 57.4 Å². The Morgan fingerprint density at radius 1 is 1.48 bits per heavy atom. The van der Waals surface area contributed by atoms with Gasteiger partial charge in [-0.05, 0) is 6.42 Å². The lowest BCUT2D eigenvalue weighted by molar-refractivity contribution is 0.0536. The van der Waals surface area contributed by atoms with Crippen molar-refractivity contribution in [1.29, 1.82) is 0 Å². The minimum atomic E-state index is 0.507. The summed E-state index contributed by atoms with van der Waals surface area (Å²) < 4.78 is 10.7. The highest BCUT2D eigenvalue weighted by atomic mass is 32.1. The quantitative estimate of drug-likeness (QED) is 0.412. The van der Waals surface area contributed by atoms with E-state index in [4.69, 9.17) is 9.47 Å². The van der Waals surface area contributed by atoms with Crippen LogP contribution < -0.4 is 5.32 Å². The largest absolute Gasteiger partial charge is 0.382 e. The first-order chi connectivity index (χ1) is 12.1. The second-order valence-electron chi connectivity index (χ2n) is 6.72. The Labute approximate surface area is 155 Å². The lowest BCUT2D eigenvalue weighted by Crippen LogP contribution is -2.41. The summed E-state index contributed by atoms with van der Waals surface area (Å²) in [5.41, 5.74) is 1.17. The molecule has 1 unspecified atom stereocenters. The van der Waals surface area contributed by atoms with Crippen molar-refractivity contribution in [3.05, 3.63) is 16.1 Å². The van der Waals surface area contributed by atoms with Gasteiger partial charge in [0.25, 0.3) is 0 Å². The number of ether oxygens (including phenoxy) is 2. The van der Waals surface area contributed by atoms with Crippen LogP contribution in [0.4, 0.5) is 0 Å². The molecule has 0 aliphatic carbocycles. The molecule has 1 aliphatic rings. The predicted octanol–water partition coefficient (Wildman–Crippen LogP) is 2.37. The first-order valence-corrected chi connectivity index (χ1v) is 9.98. The van der Waals surface area contributed by atoms with E-state index in [2.05, 4.69) is 39.4 Å². The molecule has 0 saturated carbocycles. The second-order valence-corrected chi connectivity index (χ2v) is 7.61. The van der Waals surface area contributed by atoms with Crippen LogP contribution in [0.3, 0.4) is 0 Å². The van der Waals surface area contributed by atoms with Gasteiger partial charge in [-0.1, -0.05) is 13.8 Å². The average Bonchev–Trinajstić information content (AvgIpc) is 3.25. The summed E-state index contributed by atoms with van der Waals surface area (Å²) in [6.07, 6.45) is 2.08. The number of thiazole rings is 1. The molecular weight excluding hydrogens is 336 g/mol. The molecule has 1 saturated heterocycles. The summed E-state index contributed by atoms with van der Waals surface area (Å²) in [5.74, 6) is 2.06. The first-order valence-electron chi connectivity index (χ1n) is 9.10. The van der Waals surface area contributed by atoms with E-state index in [-0.39, 0.29) is 0 Å². The Morgan fingerprint density at radius 2 is 2.32 bits per heavy atom. The van der Waals surface area contributed by atoms with Gasteiger partial charge in [0.2, 0.25) is 0 Å². The zero-order chi connectivity index (χ0) is 18.1. The SMILES string of the molecule is CN=C(NCCc1csc(C(C)C)n1)N1CCC(COCCOC)C1. The third kappa shape index (κ3) is 6.56. The van der Waals surface area contributed by atoms with E-state index in [0.717, 1.165) is 45.0 Å². The fourth-order valence-corrected chi connectivity index (χ4v) is 3.76. The van der Waals surface area contributed by atoms with Crippen molar-refractivity contribution in [3.8, 4) is 0 Å². The van der Waals surface area contributed by atoms with Gasteiger partial charge in [0.15, 0.2) is 5.96 Å². The van der Waals surface area contributed by atoms with Gasteiger partial charge in [-0.2, -0.15) is 0 Å². The van der Waals surface area contributed by atoms with Gasteiger partial charge in [0.05, 0.1) is 30.5 Å². The maximum atomic E-state index is 5.66. The first kappa shape index (κ1) is 20.1. The summed E-state index contributed by atoms with van der Waals surface area (Å²) in [6, 6.07) is 0. The molecule has 0 spiro atoms. The van der Waals surface area contributed by atoms with Gasteiger partial charge in [0.1, 0.15) is 0 Å². The number of nitrogens with one attached hydrogen (secondary N) is 1. The van der Waals surface area contributed by atoms with Crippen LogP contribution in [0.2, 0.25) is 0 Å². The average molecular weight is 369 g/mol. The van der Waals surface area contributed by atoms with Gasteiger partial charge in [-0.15, -0.1) is 11.3 Å². The molecule has 0 amide bonds. The Hall–Kier alpha value is -1.18. The van der Waals surface area contributed by atoms with Crippen molar-refractivity contribution < 1.29 is 9.47 Å². The van der Waals surface area contributed by atoms with Crippen LogP contribution in [-0.4, -0.2) is 69.5 Å². The van der Waals surface area contributed by atoms with Crippen molar-refractivity contribution in [3.63, 3.8) is 0 Å². The highest BCUT2D eigenvalue weighted by Crippen LogP contribution is 2.19. The van der Waals surface area contributed by atoms with Crippen molar-refractivity contribution in [2.75, 3.05) is 53.6 Å². The minimum Gasteiger partial charge on any atom is -0.382 e. The van der Waals surface area contributed by atoms with Gasteiger partial charge < -0.3 is 19.7 Å². The van der Waals surface area contributed by atoms with Crippen LogP contribution in [0.15, 0.2) is 10.4 Å². The molecule has 0 radical (unpaired) electrons. The monoisotopic (exact) mass is 368 g/mol. The molecule has 6 nitrogen and oxygen atoms in total. The molecule has 1 atom stereocenters. The molecule has 1 aliphatic heterocycles. The van der Waals surface area contributed by atoms with E-state index >= 15 is 0 Å². The highest BCUT2D eigenvalue weighted by molar-refractivity contribution is 7.09. The maximum Gasteiger partial charge on any atom is 0.193 e. The molecule has 7 heteroatoms. The minimum absolute atomic E-state index is 0.507. The highest BCUT2D eigenvalue weighted by Gasteiger charge is 2.24. The molecule has 1 N–H and O–H groups in total. The van der Waals surface area contributed by atoms with Gasteiger partial charge in [-0.25, -0.2) is 4.98 Å². The molecule has 1 aromatic rings. The Bertz CT molecular complexity index is 533. The molecule has 25 heavy (non-hydrogen) atoms. The smallest absolute Gasteiger partial charge is 0.193 e. The predicted molar refractivity (Wildman–Crippen MR) is 104 cm³/mol. The summed E-state index contributed by atoms with van der Waals surface area (Å²) in [4.78, 5) is 11.4. The molecule has 0 bridgehead atoms. The van der Waals surface area contributed by atoms with Crippen LogP contribution >= 0.6 is 11.3 Å². The summed E-state index contributed by atoms with van der Waals surface area (Å²) in [6.45, 7) is 9.40. The fraction of sp³-hybridized carbons (Fsp3) is 0.778. The van der Waals surface area contributed by atoms with Crippen molar-refractivity contribution in [1.82, 2.24) is 15.2 Å². The van der Waals surface area contributed by atoms with E-state index in [0.29, 0.717) is 25.0 Å². The van der Waals surface area contributed by atoms with Crippen molar-refractivity contribution in [2.45, 2.75) is 32.6 Å². The van der Waals surface area contributed by atoms with Crippen LogP contribution in [0.25, 0.3) is 0 Å². The van der Waals surface area contributed by atoms with Gasteiger partial charge >= 0.3 is 0 Å². The molecule has 2 heterocycles. The normalized spacial score (nSPS) is 18.4. The number of rotatable bonds is 9. The number of aliphatic imine (C=N–C) groups is 1. The summed E-state index contributed by atoms with van der Waals surface area (Å²) in [7, 11) is 3.55. The second kappa shape index (κ2) is 10.7. The summed E-state index contributed by atoms with van der Waals surface area (Å²) >= 11 is 1.76. The number of likely N-dealkylation sites (tertiary alicyclic amines) is 1. The molecule has 1 aromatic heterocycles. The number of hydrogen-bond donors (Lipinski definition) is 1. The molecular formula is C18H32N4O2S. The van der Waals surface area contributed by atoms with Crippen LogP contribution in [0.5, 0.6) is 0 Å². The standard InChI is InChI=1S/C18H32N4O2S/c1-14(2)17-21-16(13-25-17)5-7-20-18(19-3)22-8-6-15(11-22)12-24-10-9-23-4/h13-15H,5-12H2,1-4H3,(H,19,20). The topological polar surface area (TPSA) is 59.0 Å². The van der Waals surface area contributed by atoms with Crippen LogP contribution in [-0.2, 0) is 15.9 Å². The molecule has 2 rings (SSSR count). The zero-order valence-electron chi connectivity index (χ0n) is 16.0. The van der Waals surface area contributed by atoms with E-state index in [9.17, 15) is 0 Å². The zero-order valence-corrected chi connectivity index (χ0v) is 16.8. The Kier molecular flexibility index (Phi) is 8.64. The molecule has 142 valence electrons. The van der Waals surface area contributed by atoms with Crippen molar-refractivity contribution >= 4 is 17.3 Å². The third-order valence-electron chi connectivity index (χ3n) is 4.31. The lowest BCUT2D eigenvalue weighted by atomic mass is 10.1. The summed E-state index contributed by atoms with van der Waals surface area (Å²) in [5, 5.41) is 6.86. The van der Waals surface area contributed by atoms with E-state index in [1.165, 1.54) is 10.7 Å². The molecule has 0 aromatic carbocycles. The maximum absolute atomic E-state index is 5.66. The van der Waals surface area contributed by atoms with Crippen LogP contribution in [0, 0.1) is 5.92 Å². The molecule has 1 fully saturated rings. The Morgan fingerprint density at radius 3 is 3.00 bits per heavy atom. The fourth-order valence-electron chi connectivity index (χ4n) is 2.89. The number of guanidine groups is 1. The van der Waals surface area contributed by atoms with E-state index < -0.39 is 0 Å². The van der Waals surface area contributed by atoms with E-state index in [1.807, 2.05) is 7.05 Å². The third-order valence-corrected chi connectivity index (χ3v) is 5.50. The van der Waals surface area contributed by atoms with Crippen molar-refractivity contribution in [2.24, 2.45) is 10.9 Å². The number of nitrogens with zero attached hydrogens (tertiary/aromatic N) is 3. The van der Waals surface area contributed by atoms with Gasteiger partial charge in [-0.3, -0.25) is 4.99 Å². The van der Waals surface area contributed by atoms with E-state index in [1.54, 1.807) is 18.4 Å². The number of hydrogen-bond acceptors (Lipinski definition) is 5.